The van der Waals surface area contributed by atoms with Crippen molar-refractivity contribution in [1.29, 1.82) is 0 Å². The van der Waals surface area contributed by atoms with Gasteiger partial charge in [-0.05, 0) is 12.3 Å². The zero-order chi connectivity index (χ0) is 7.56. The molecular formula is C7H15NO2. The van der Waals surface area contributed by atoms with Gasteiger partial charge in [0.05, 0.1) is 12.7 Å². The SMILES string of the molecule is CC1CC1NCC(O)CO. The molecule has 1 aliphatic carbocycles. The van der Waals surface area contributed by atoms with E-state index in [1.54, 1.807) is 0 Å². The van der Waals surface area contributed by atoms with Crippen LogP contribution in [0.3, 0.4) is 0 Å². The van der Waals surface area contributed by atoms with Crippen molar-refractivity contribution in [1.82, 2.24) is 5.32 Å². The molecule has 1 rings (SSSR count). The fourth-order valence-corrected chi connectivity index (χ4v) is 0.958. The number of aliphatic hydroxyl groups is 2. The zero-order valence-corrected chi connectivity index (χ0v) is 6.25. The van der Waals surface area contributed by atoms with E-state index in [1.807, 2.05) is 0 Å². The van der Waals surface area contributed by atoms with E-state index in [9.17, 15) is 0 Å². The van der Waals surface area contributed by atoms with Crippen LogP contribution in [0.15, 0.2) is 0 Å². The van der Waals surface area contributed by atoms with Crippen molar-refractivity contribution in [2.24, 2.45) is 5.92 Å². The van der Waals surface area contributed by atoms with E-state index in [-0.39, 0.29) is 6.61 Å². The van der Waals surface area contributed by atoms with Crippen LogP contribution in [0.25, 0.3) is 0 Å². The summed E-state index contributed by atoms with van der Waals surface area (Å²) in [5, 5.41) is 20.5. The average molecular weight is 145 g/mol. The largest absolute Gasteiger partial charge is 0.394 e. The third-order valence-electron chi connectivity index (χ3n) is 1.94. The smallest absolute Gasteiger partial charge is 0.0895 e. The Labute approximate surface area is 61.1 Å². The molecule has 3 nitrogen and oxygen atoms in total. The van der Waals surface area contributed by atoms with Crippen molar-refractivity contribution < 1.29 is 10.2 Å². The summed E-state index contributed by atoms with van der Waals surface area (Å²) in [5.41, 5.74) is 0. The Hall–Kier alpha value is -0.120. The van der Waals surface area contributed by atoms with Gasteiger partial charge in [0.25, 0.3) is 0 Å². The van der Waals surface area contributed by atoms with Crippen molar-refractivity contribution >= 4 is 0 Å². The Morgan fingerprint density at radius 1 is 1.70 bits per heavy atom. The molecule has 0 heterocycles. The fraction of sp³-hybridized carbons (Fsp3) is 1.00. The molecule has 0 bridgehead atoms. The van der Waals surface area contributed by atoms with Crippen LogP contribution in [0.5, 0.6) is 0 Å². The topological polar surface area (TPSA) is 52.5 Å². The number of hydrogen-bond acceptors (Lipinski definition) is 3. The van der Waals surface area contributed by atoms with Crippen molar-refractivity contribution in [3.05, 3.63) is 0 Å². The maximum absolute atomic E-state index is 8.91. The minimum atomic E-state index is -0.590. The maximum Gasteiger partial charge on any atom is 0.0895 e. The summed E-state index contributed by atoms with van der Waals surface area (Å²) in [4.78, 5) is 0. The highest BCUT2D eigenvalue weighted by molar-refractivity contribution is 4.89. The summed E-state index contributed by atoms with van der Waals surface area (Å²) in [5.74, 6) is 0.755. The molecule has 0 aliphatic heterocycles. The van der Waals surface area contributed by atoms with Crippen LogP contribution in [-0.4, -0.2) is 35.5 Å². The molecule has 0 saturated heterocycles. The predicted octanol–water partition coefficient (Wildman–Crippen LogP) is -0.662. The monoisotopic (exact) mass is 145 g/mol. The summed E-state index contributed by atoms with van der Waals surface area (Å²) in [6.45, 7) is 2.54. The summed E-state index contributed by atoms with van der Waals surface area (Å²) in [6.07, 6.45) is 0.616. The molecule has 60 valence electrons. The Morgan fingerprint density at radius 2 is 2.30 bits per heavy atom. The molecule has 0 aromatic rings. The number of rotatable bonds is 4. The van der Waals surface area contributed by atoms with Gasteiger partial charge in [0.15, 0.2) is 0 Å². The van der Waals surface area contributed by atoms with Gasteiger partial charge in [-0.25, -0.2) is 0 Å². The third-order valence-corrected chi connectivity index (χ3v) is 1.94. The number of hydrogen-bond donors (Lipinski definition) is 3. The van der Waals surface area contributed by atoms with Crippen molar-refractivity contribution in [3.8, 4) is 0 Å². The van der Waals surface area contributed by atoms with E-state index >= 15 is 0 Å². The average Bonchev–Trinajstić information content (AvgIpc) is 2.61. The molecule has 10 heavy (non-hydrogen) atoms. The first-order valence-corrected chi connectivity index (χ1v) is 3.76. The second kappa shape index (κ2) is 3.32. The quantitative estimate of drug-likeness (QED) is 0.492. The molecule has 3 atom stereocenters. The van der Waals surface area contributed by atoms with Crippen molar-refractivity contribution in [3.63, 3.8) is 0 Å². The molecular weight excluding hydrogens is 130 g/mol. The standard InChI is InChI=1S/C7H15NO2/c1-5-2-7(5)8-3-6(10)4-9/h5-10H,2-4H2,1H3. The van der Waals surface area contributed by atoms with Crippen LogP contribution in [0, 0.1) is 5.92 Å². The number of nitrogens with one attached hydrogen (secondary N) is 1. The summed E-state index contributed by atoms with van der Waals surface area (Å²) >= 11 is 0. The minimum Gasteiger partial charge on any atom is -0.394 e. The molecule has 0 aromatic heterocycles. The zero-order valence-electron chi connectivity index (χ0n) is 6.25. The molecule has 1 saturated carbocycles. The van der Waals surface area contributed by atoms with Crippen LogP contribution in [-0.2, 0) is 0 Å². The van der Waals surface area contributed by atoms with Crippen LogP contribution in [0.2, 0.25) is 0 Å². The van der Waals surface area contributed by atoms with Crippen molar-refractivity contribution in [2.45, 2.75) is 25.5 Å². The van der Waals surface area contributed by atoms with Crippen LogP contribution in [0.1, 0.15) is 13.3 Å². The lowest BCUT2D eigenvalue weighted by molar-refractivity contribution is 0.0939. The van der Waals surface area contributed by atoms with E-state index in [1.165, 1.54) is 6.42 Å². The first kappa shape index (κ1) is 7.98. The molecule has 0 radical (unpaired) electrons. The van der Waals surface area contributed by atoms with Gasteiger partial charge in [0.1, 0.15) is 0 Å². The summed E-state index contributed by atoms with van der Waals surface area (Å²) < 4.78 is 0. The van der Waals surface area contributed by atoms with E-state index in [0.717, 1.165) is 5.92 Å². The van der Waals surface area contributed by atoms with Gasteiger partial charge >= 0.3 is 0 Å². The van der Waals surface area contributed by atoms with Crippen LogP contribution < -0.4 is 5.32 Å². The summed E-state index contributed by atoms with van der Waals surface area (Å²) in [6, 6.07) is 0.584. The second-order valence-corrected chi connectivity index (χ2v) is 3.06. The van der Waals surface area contributed by atoms with Gasteiger partial charge in [-0.2, -0.15) is 0 Å². The molecule has 3 unspecified atom stereocenters. The van der Waals surface area contributed by atoms with Gasteiger partial charge in [-0.3, -0.25) is 0 Å². The van der Waals surface area contributed by atoms with Crippen LogP contribution >= 0.6 is 0 Å². The molecule has 0 spiro atoms. The lowest BCUT2D eigenvalue weighted by Gasteiger charge is -2.07. The molecule has 1 fully saturated rings. The normalized spacial score (nSPS) is 33.9. The lowest BCUT2D eigenvalue weighted by Crippen LogP contribution is -2.31. The van der Waals surface area contributed by atoms with Gasteiger partial charge < -0.3 is 15.5 Å². The Morgan fingerprint density at radius 3 is 2.70 bits per heavy atom. The van der Waals surface area contributed by atoms with Gasteiger partial charge in [0.2, 0.25) is 0 Å². The molecule has 3 heteroatoms. The fourth-order valence-electron chi connectivity index (χ4n) is 0.958. The molecule has 1 aliphatic rings. The lowest BCUT2D eigenvalue weighted by atomic mass is 10.3. The van der Waals surface area contributed by atoms with E-state index in [2.05, 4.69) is 12.2 Å². The highest BCUT2D eigenvalue weighted by Crippen LogP contribution is 2.28. The van der Waals surface area contributed by atoms with Crippen LogP contribution in [0.4, 0.5) is 0 Å². The third kappa shape index (κ3) is 2.25. The Balaban J connectivity index is 1.95. The molecule has 0 amide bonds. The first-order chi connectivity index (χ1) is 4.74. The van der Waals surface area contributed by atoms with Gasteiger partial charge in [-0.1, -0.05) is 6.92 Å². The predicted molar refractivity (Wildman–Crippen MR) is 38.7 cm³/mol. The second-order valence-electron chi connectivity index (χ2n) is 3.06. The van der Waals surface area contributed by atoms with E-state index in [0.29, 0.717) is 12.6 Å². The van der Waals surface area contributed by atoms with E-state index < -0.39 is 6.10 Å². The summed E-state index contributed by atoms with van der Waals surface area (Å²) in [7, 11) is 0. The maximum atomic E-state index is 8.91. The molecule has 3 N–H and O–H groups in total. The number of aliphatic hydroxyl groups excluding tert-OH is 2. The van der Waals surface area contributed by atoms with E-state index in [4.69, 9.17) is 10.2 Å². The first-order valence-electron chi connectivity index (χ1n) is 3.76. The van der Waals surface area contributed by atoms with Crippen molar-refractivity contribution in [2.75, 3.05) is 13.2 Å². The van der Waals surface area contributed by atoms with Gasteiger partial charge in [-0.15, -0.1) is 0 Å². The Bertz CT molecular complexity index is 104. The Kier molecular flexibility index (Phi) is 2.65. The minimum absolute atomic E-state index is 0.145. The molecule has 0 aromatic carbocycles. The highest BCUT2D eigenvalue weighted by Gasteiger charge is 2.31. The highest BCUT2D eigenvalue weighted by atomic mass is 16.3. The van der Waals surface area contributed by atoms with Gasteiger partial charge in [0, 0.05) is 12.6 Å².